The quantitative estimate of drug-likeness (QED) is 0.859. The number of ether oxygens (including phenoxy) is 1. The van der Waals surface area contributed by atoms with Crippen molar-refractivity contribution in [1.29, 1.82) is 0 Å². The van der Waals surface area contributed by atoms with Crippen LogP contribution in [0.15, 0.2) is 42.5 Å². The summed E-state index contributed by atoms with van der Waals surface area (Å²) in [6.45, 7) is 1.99. The van der Waals surface area contributed by atoms with E-state index in [0.717, 1.165) is 24.0 Å². The highest BCUT2D eigenvalue weighted by molar-refractivity contribution is 6.24. The first-order valence-corrected chi connectivity index (χ1v) is 8.55. The smallest absolute Gasteiger partial charge is 0.414 e. The molecule has 0 saturated heterocycles. The number of rotatable bonds is 4. The van der Waals surface area contributed by atoms with Crippen LogP contribution in [-0.2, 0) is 11.3 Å². The molecule has 26 heavy (non-hydrogen) atoms. The van der Waals surface area contributed by atoms with Crippen molar-refractivity contribution >= 4 is 23.6 Å². The van der Waals surface area contributed by atoms with E-state index in [1.54, 1.807) is 12.1 Å². The Bertz CT molecular complexity index is 904. The van der Waals surface area contributed by atoms with Gasteiger partial charge in [-0.15, -0.1) is 0 Å². The minimum atomic E-state index is -0.503. The number of hydrogen-bond donors (Lipinski definition) is 1. The molecule has 0 unspecified atom stereocenters. The fraction of sp³-hybridized carbons (Fsp3) is 0.250. The van der Waals surface area contributed by atoms with Crippen LogP contribution < -0.4 is 10.2 Å². The molecule has 132 valence electrons. The van der Waals surface area contributed by atoms with E-state index in [-0.39, 0.29) is 18.2 Å². The number of carbonyl (C=O) groups excluding carboxylic acids is 3. The second-order valence-corrected chi connectivity index (χ2v) is 6.63. The van der Waals surface area contributed by atoms with Gasteiger partial charge in [-0.25, -0.2) is 4.79 Å². The number of nitrogens with zero attached hydrogens (tertiary/aromatic N) is 1. The van der Waals surface area contributed by atoms with Gasteiger partial charge in [0.25, 0.3) is 11.8 Å². The number of hydrogen-bond acceptors (Lipinski definition) is 4. The molecule has 6 nitrogen and oxygen atoms in total. The van der Waals surface area contributed by atoms with Crippen LogP contribution in [0.4, 0.5) is 10.5 Å². The first-order chi connectivity index (χ1) is 12.5. The van der Waals surface area contributed by atoms with E-state index in [2.05, 4.69) is 5.32 Å². The van der Waals surface area contributed by atoms with Crippen molar-refractivity contribution in [3.63, 3.8) is 0 Å². The van der Waals surface area contributed by atoms with Gasteiger partial charge < -0.3 is 4.74 Å². The van der Waals surface area contributed by atoms with Gasteiger partial charge in [0, 0.05) is 6.04 Å². The molecule has 2 aliphatic rings. The third-order valence-electron chi connectivity index (χ3n) is 4.53. The van der Waals surface area contributed by atoms with Crippen molar-refractivity contribution in [3.8, 4) is 0 Å². The zero-order chi connectivity index (χ0) is 18.3. The summed E-state index contributed by atoms with van der Waals surface area (Å²) in [4.78, 5) is 38.6. The summed E-state index contributed by atoms with van der Waals surface area (Å²) in [5, 5.41) is 2.30. The van der Waals surface area contributed by atoms with Crippen LogP contribution >= 0.6 is 0 Å². The van der Waals surface area contributed by atoms with Crippen LogP contribution in [0, 0.1) is 6.92 Å². The summed E-state index contributed by atoms with van der Waals surface area (Å²) in [6.07, 6.45) is 1.19. The molecule has 3 amide bonds. The summed E-state index contributed by atoms with van der Waals surface area (Å²) >= 11 is 0. The SMILES string of the molecule is Cc1cc2c(c(N(C(=O)OCc3ccccc3)C3CC3)c1)C(=O)NC2=O. The Morgan fingerprint density at radius 2 is 1.88 bits per heavy atom. The van der Waals surface area contributed by atoms with Crippen molar-refractivity contribution in [2.75, 3.05) is 4.90 Å². The van der Waals surface area contributed by atoms with Crippen LogP contribution in [0.5, 0.6) is 0 Å². The fourth-order valence-corrected chi connectivity index (χ4v) is 3.17. The average molecular weight is 350 g/mol. The zero-order valence-corrected chi connectivity index (χ0v) is 14.3. The van der Waals surface area contributed by atoms with Crippen molar-refractivity contribution in [1.82, 2.24) is 5.32 Å². The Labute approximate surface area is 150 Å². The minimum Gasteiger partial charge on any atom is -0.444 e. The highest BCUT2D eigenvalue weighted by Gasteiger charge is 2.40. The third-order valence-corrected chi connectivity index (χ3v) is 4.53. The number of carbonyl (C=O) groups is 3. The second kappa shape index (κ2) is 6.29. The molecule has 1 saturated carbocycles. The molecule has 0 bridgehead atoms. The fourth-order valence-electron chi connectivity index (χ4n) is 3.17. The number of amides is 3. The Hall–Kier alpha value is -3.15. The van der Waals surface area contributed by atoms with Gasteiger partial charge in [0.15, 0.2) is 0 Å². The third kappa shape index (κ3) is 2.94. The largest absolute Gasteiger partial charge is 0.444 e. The van der Waals surface area contributed by atoms with Crippen molar-refractivity contribution < 1.29 is 19.1 Å². The molecule has 2 aromatic carbocycles. The summed E-state index contributed by atoms with van der Waals surface area (Å²) in [5.74, 6) is -0.898. The lowest BCUT2D eigenvalue weighted by atomic mass is 10.0. The van der Waals surface area contributed by atoms with Crippen molar-refractivity contribution in [2.45, 2.75) is 32.4 Å². The zero-order valence-electron chi connectivity index (χ0n) is 14.3. The van der Waals surface area contributed by atoms with E-state index in [9.17, 15) is 14.4 Å². The maximum absolute atomic E-state index is 12.8. The number of anilines is 1. The molecular formula is C20H18N2O4. The Balaban J connectivity index is 1.66. The molecule has 0 radical (unpaired) electrons. The van der Waals surface area contributed by atoms with E-state index < -0.39 is 17.9 Å². The van der Waals surface area contributed by atoms with Gasteiger partial charge in [-0.2, -0.15) is 0 Å². The lowest BCUT2D eigenvalue weighted by molar-refractivity contribution is 0.0880. The predicted octanol–water partition coefficient (Wildman–Crippen LogP) is 3.18. The molecule has 1 fully saturated rings. The van der Waals surface area contributed by atoms with E-state index in [1.807, 2.05) is 37.3 Å². The van der Waals surface area contributed by atoms with Crippen LogP contribution in [0.1, 0.15) is 44.7 Å². The molecule has 1 aliphatic heterocycles. The van der Waals surface area contributed by atoms with Crippen LogP contribution in [0.2, 0.25) is 0 Å². The standard InChI is InChI=1S/C20H18N2O4/c1-12-9-15-17(19(24)21-18(15)23)16(10-12)22(14-7-8-14)20(25)26-11-13-5-3-2-4-6-13/h2-6,9-10,14H,7-8,11H2,1H3,(H,21,23,24). The molecule has 6 heteroatoms. The van der Waals surface area contributed by atoms with Crippen molar-refractivity contribution in [3.05, 3.63) is 64.7 Å². The summed E-state index contributed by atoms with van der Waals surface area (Å²) in [6, 6.07) is 12.8. The number of imide groups is 1. The number of benzene rings is 2. The second-order valence-electron chi connectivity index (χ2n) is 6.63. The number of aryl methyl sites for hydroxylation is 1. The maximum Gasteiger partial charge on any atom is 0.414 e. The van der Waals surface area contributed by atoms with Gasteiger partial charge in [0.2, 0.25) is 0 Å². The van der Waals surface area contributed by atoms with Gasteiger partial charge in [0.1, 0.15) is 6.61 Å². The first-order valence-electron chi connectivity index (χ1n) is 8.55. The van der Waals surface area contributed by atoms with Crippen LogP contribution in [-0.4, -0.2) is 23.9 Å². The van der Waals surface area contributed by atoms with E-state index in [4.69, 9.17) is 4.74 Å². The van der Waals surface area contributed by atoms with Gasteiger partial charge in [-0.05, 0) is 43.0 Å². The molecule has 4 rings (SSSR count). The van der Waals surface area contributed by atoms with Gasteiger partial charge in [0.05, 0.1) is 16.8 Å². The van der Waals surface area contributed by atoms with Gasteiger partial charge in [-0.3, -0.25) is 19.8 Å². The molecule has 0 spiro atoms. The van der Waals surface area contributed by atoms with Gasteiger partial charge >= 0.3 is 6.09 Å². The molecule has 0 aromatic heterocycles. The monoisotopic (exact) mass is 350 g/mol. The molecular weight excluding hydrogens is 332 g/mol. The summed E-state index contributed by atoms with van der Waals surface area (Å²) in [7, 11) is 0. The molecule has 0 atom stereocenters. The summed E-state index contributed by atoms with van der Waals surface area (Å²) < 4.78 is 5.48. The number of nitrogens with one attached hydrogen (secondary N) is 1. The molecule has 1 aliphatic carbocycles. The Morgan fingerprint density at radius 1 is 1.15 bits per heavy atom. The summed E-state index contributed by atoms with van der Waals surface area (Å²) in [5.41, 5.74) is 2.71. The van der Waals surface area contributed by atoms with Crippen LogP contribution in [0.25, 0.3) is 0 Å². The van der Waals surface area contributed by atoms with Crippen LogP contribution in [0.3, 0.4) is 0 Å². The minimum absolute atomic E-state index is 0.00678. The average Bonchev–Trinajstić information content (AvgIpc) is 3.40. The highest BCUT2D eigenvalue weighted by Crippen LogP contribution is 2.37. The lowest BCUT2D eigenvalue weighted by Crippen LogP contribution is -2.35. The number of fused-ring (bicyclic) bond motifs is 1. The normalized spacial score (nSPS) is 15.4. The highest BCUT2D eigenvalue weighted by atomic mass is 16.6. The topological polar surface area (TPSA) is 75.7 Å². The predicted molar refractivity (Wildman–Crippen MR) is 95.1 cm³/mol. The van der Waals surface area contributed by atoms with E-state index in [0.29, 0.717) is 11.3 Å². The van der Waals surface area contributed by atoms with Gasteiger partial charge in [-0.1, -0.05) is 30.3 Å². The maximum atomic E-state index is 12.8. The lowest BCUT2D eigenvalue weighted by Gasteiger charge is -2.24. The van der Waals surface area contributed by atoms with E-state index >= 15 is 0 Å². The molecule has 1 heterocycles. The molecule has 1 N–H and O–H groups in total. The van der Waals surface area contributed by atoms with Crippen molar-refractivity contribution in [2.24, 2.45) is 0 Å². The molecule has 2 aromatic rings. The Morgan fingerprint density at radius 3 is 2.58 bits per heavy atom. The first kappa shape index (κ1) is 16.3. The van der Waals surface area contributed by atoms with E-state index in [1.165, 1.54) is 4.90 Å². The Kier molecular flexibility index (Phi) is 3.95.